The molecule has 0 aromatic carbocycles. The van der Waals surface area contributed by atoms with E-state index in [0.29, 0.717) is 4.91 Å². The van der Waals surface area contributed by atoms with Crippen molar-refractivity contribution in [2.45, 2.75) is 155 Å². The van der Waals surface area contributed by atoms with Crippen LogP contribution in [0.4, 0.5) is 0 Å². The van der Waals surface area contributed by atoms with Gasteiger partial charge in [0.05, 0.1) is 9.61 Å². The van der Waals surface area contributed by atoms with E-state index in [0.717, 1.165) is 36.1 Å². The first kappa shape index (κ1) is 34.6. The van der Waals surface area contributed by atoms with Crippen LogP contribution in [0.25, 0.3) is 0 Å². The summed E-state index contributed by atoms with van der Waals surface area (Å²) in [5.41, 5.74) is -0.545. The summed E-state index contributed by atoms with van der Waals surface area (Å²) in [5, 5.41) is 11.4. The second-order valence-electron chi connectivity index (χ2n) is 10.1. The van der Waals surface area contributed by atoms with Crippen LogP contribution in [0.15, 0.2) is 11.2 Å². The van der Waals surface area contributed by atoms with Crippen molar-refractivity contribution in [2.75, 3.05) is 0 Å². The molecule has 1 aliphatic heterocycles. The van der Waals surface area contributed by atoms with Crippen LogP contribution in [-0.2, 0) is 4.79 Å². The molecule has 0 spiro atoms. The van der Waals surface area contributed by atoms with E-state index in [9.17, 15) is 9.90 Å². The summed E-state index contributed by atoms with van der Waals surface area (Å²) in [6, 6.07) is 0. The van der Waals surface area contributed by atoms with Crippen molar-refractivity contribution in [2.24, 2.45) is 5.41 Å². The predicted octanol–water partition coefficient (Wildman–Crippen LogP) is 6.44. The first-order chi connectivity index (χ1) is 16.1. The molecule has 0 saturated carbocycles. The third-order valence-corrected chi connectivity index (χ3v) is 8.99. The number of unbranched alkanes of at least 4 members (excludes halogenated alkanes) is 18. The molecular formula is C29H51NaO2S2. The zero-order valence-corrected chi connectivity index (χ0v) is 26.4. The Bertz CT molecular complexity index is 538. The summed E-state index contributed by atoms with van der Waals surface area (Å²) in [5.74, 6) is 0.0272. The number of carbonyl (C=O) groups excluding carboxylic acids is 1. The molecule has 192 valence electrons. The number of Topliss-reactive ketones (excluding diaryl/α,β-unsaturated/α-hetero) is 1. The van der Waals surface area contributed by atoms with Crippen LogP contribution in [-0.4, -0.2) is 9.98 Å². The molecule has 1 saturated heterocycles. The molecule has 0 unspecified atom stereocenters. The van der Waals surface area contributed by atoms with Crippen molar-refractivity contribution in [1.82, 2.24) is 0 Å². The maximum absolute atomic E-state index is 13.1. The van der Waals surface area contributed by atoms with Crippen LogP contribution >= 0.6 is 24.0 Å². The fourth-order valence-corrected chi connectivity index (χ4v) is 6.63. The largest absolute Gasteiger partial charge is 1.00 e. The third kappa shape index (κ3) is 13.8. The summed E-state index contributed by atoms with van der Waals surface area (Å²) in [7, 11) is 0. The molecule has 0 radical (unpaired) electrons. The van der Waals surface area contributed by atoms with E-state index in [2.05, 4.69) is 13.8 Å². The molecule has 0 bridgehead atoms. The molecule has 0 amide bonds. The SMILES string of the molecule is CCCCCCCCCCCCC1(CCCCCCCCCCCC)C(=O)C(=C[O-])SC1=S.[Na+]. The number of hydrogen-bond acceptors (Lipinski definition) is 4. The summed E-state index contributed by atoms with van der Waals surface area (Å²) < 4.78 is 0.765. The number of carbonyl (C=O) groups is 1. The number of hydrogen-bond donors (Lipinski definition) is 0. The Morgan fingerprint density at radius 3 is 1.29 bits per heavy atom. The van der Waals surface area contributed by atoms with Crippen molar-refractivity contribution in [1.29, 1.82) is 0 Å². The third-order valence-electron chi connectivity index (χ3n) is 7.27. The van der Waals surface area contributed by atoms with Gasteiger partial charge in [0.2, 0.25) is 0 Å². The standard InChI is InChI=1S/C29H52O2S2.Na/c1-3-5-7-9-11-13-15-17-19-21-23-29(27(31)26(25-30)33-28(29)32)24-22-20-18-16-14-12-10-8-6-4-2;/h25,30H,3-24H2,1-2H3;/q;+1/p-1. The van der Waals surface area contributed by atoms with Gasteiger partial charge in [-0.25, -0.2) is 0 Å². The number of thiocarbonyl (C=S) groups is 1. The van der Waals surface area contributed by atoms with Crippen LogP contribution in [0.2, 0.25) is 0 Å². The van der Waals surface area contributed by atoms with Crippen molar-refractivity contribution in [3.05, 3.63) is 11.2 Å². The first-order valence-electron chi connectivity index (χ1n) is 14.2. The molecule has 1 aliphatic rings. The van der Waals surface area contributed by atoms with Crippen molar-refractivity contribution in [3.63, 3.8) is 0 Å². The van der Waals surface area contributed by atoms with Crippen LogP contribution in [0.1, 0.15) is 155 Å². The van der Waals surface area contributed by atoms with Crippen molar-refractivity contribution in [3.8, 4) is 0 Å². The van der Waals surface area contributed by atoms with E-state index in [-0.39, 0.29) is 35.3 Å². The molecule has 34 heavy (non-hydrogen) atoms. The Hall–Kier alpha value is 0.650. The van der Waals surface area contributed by atoms with Gasteiger partial charge in [-0.1, -0.05) is 166 Å². The van der Waals surface area contributed by atoms with Crippen LogP contribution < -0.4 is 34.7 Å². The molecule has 1 fully saturated rings. The molecule has 1 rings (SSSR count). The maximum atomic E-state index is 13.1. The maximum Gasteiger partial charge on any atom is 1.00 e. The van der Waals surface area contributed by atoms with Gasteiger partial charge in [0, 0.05) is 4.91 Å². The van der Waals surface area contributed by atoms with Crippen LogP contribution in [0.5, 0.6) is 0 Å². The predicted molar refractivity (Wildman–Crippen MR) is 149 cm³/mol. The zero-order valence-electron chi connectivity index (χ0n) is 22.8. The topological polar surface area (TPSA) is 40.1 Å². The van der Waals surface area contributed by atoms with Gasteiger partial charge in [0.25, 0.3) is 0 Å². The van der Waals surface area contributed by atoms with E-state index >= 15 is 0 Å². The quantitative estimate of drug-likeness (QED) is 0.0543. The Morgan fingerprint density at radius 2 is 1.00 bits per heavy atom. The minimum Gasteiger partial charge on any atom is -0.877 e. The monoisotopic (exact) mass is 518 g/mol. The van der Waals surface area contributed by atoms with Crippen molar-refractivity contribution < 1.29 is 39.5 Å². The van der Waals surface area contributed by atoms with Gasteiger partial charge in [-0.15, -0.1) is 6.26 Å². The van der Waals surface area contributed by atoms with Gasteiger partial charge < -0.3 is 5.11 Å². The molecule has 0 atom stereocenters. The van der Waals surface area contributed by atoms with E-state index in [1.807, 2.05) is 0 Å². The fraction of sp³-hybridized carbons (Fsp3) is 0.862. The Kier molecular flexibility index (Phi) is 23.3. The molecule has 0 N–H and O–H groups in total. The van der Waals surface area contributed by atoms with E-state index < -0.39 is 5.41 Å². The molecule has 0 aromatic rings. The minimum atomic E-state index is -0.545. The molecule has 0 aromatic heterocycles. The van der Waals surface area contributed by atoms with Crippen molar-refractivity contribution >= 4 is 34.0 Å². The smallest absolute Gasteiger partial charge is 0.877 e. The van der Waals surface area contributed by atoms with Gasteiger partial charge in [0.15, 0.2) is 5.78 Å². The Morgan fingerprint density at radius 1 is 0.676 bits per heavy atom. The molecule has 0 aliphatic carbocycles. The average Bonchev–Trinajstić information content (AvgIpc) is 3.06. The average molecular weight is 519 g/mol. The number of allylic oxidation sites excluding steroid dienone is 1. The number of rotatable bonds is 22. The summed E-state index contributed by atoms with van der Waals surface area (Å²) in [6.07, 6.45) is 28.2. The molecular weight excluding hydrogens is 467 g/mol. The normalized spacial score (nSPS) is 16.4. The number of ketones is 1. The summed E-state index contributed by atoms with van der Waals surface area (Å²) in [4.78, 5) is 13.4. The summed E-state index contributed by atoms with van der Waals surface area (Å²) >= 11 is 6.95. The van der Waals surface area contributed by atoms with Gasteiger partial charge in [0.1, 0.15) is 0 Å². The van der Waals surface area contributed by atoms with E-state index in [4.69, 9.17) is 12.2 Å². The van der Waals surface area contributed by atoms with Gasteiger partial charge in [-0.3, -0.25) is 4.79 Å². The van der Waals surface area contributed by atoms with Gasteiger partial charge in [-0.05, 0) is 12.8 Å². The molecule has 2 nitrogen and oxygen atoms in total. The van der Waals surface area contributed by atoms with Gasteiger partial charge in [-0.2, -0.15) is 0 Å². The summed E-state index contributed by atoms with van der Waals surface area (Å²) in [6.45, 7) is 4.52. The van der Waals surface area contributed by atoms with Crippen LogP contribution in [0.3, 0.4) is 0 Å². The fourth-order valence-electron chi connectivity index (χ4n) is 5.03. The molecule has 1 heterocycles. The Balaban J connectivity index is 0.0000109. The second-order valence-corrected chi connectivity index (χ2v) is 11.9. The first-order valence-corrected chi connectivity index (χ1v) is 15.4. The van der Waals surface area contributed by atoms with Gasteiger partial charge >= 0.3 is 29.6 Å². The number of thioether (sulfide) groups is 1. The molecule has 5 heteroatoms. The second kappa shape index (κ2) is 22.8. The zero-order chi connectivity index (χ0) is 24.2. The van der Waals surface area contributed by atoms with E-state index in [1.54, 1.807) is 0 Å². The van der Waals surface area contributed by atoms with Crippen LogP contribution in [0, 0.1) is 5.41 Å². The Labute approximate surface area is 243 Å². The minimum absolute atomic E-state index is 0. The van der Waals surface area contributed by atoms with E-state index in [1.165, 1.54) is 127 Å².